The molecule has 0 bridgehead atoms. The van der Waals surface area contributed by atoms with Gasteiger partial charge in [-0.3, -0.25) is 4.89 Å². The van der Waals surface area contributed by atoms with Gasteiger partial charge in [-0.15, -0.1) is 0 Å². The predicted octanol–water partition coefficient (Wildman–Crippen LogP) is 5.40. The van der Waals surface area contributed by atoms with Crippen LogP contribution in [0.2, 0.25) is 0 Å². The van der Waals surface area contributed by atoms with Gasteiger partial charge in [-0.1, -0.05) is 52.2 Å². The lowest BCUT2D eigenvalue weighted by atomic mass is 9.81. The lowest BCUT2D eigenvalue weighted by molar-refractivity contribution is -0.453. The molecule has 2 atom stereocenters. The van der Waals surface area contributed by atoms with Gasteiger partial charge in [-0.25, -0.2) is 14.5 Å². The summed E-state index contributed by atoms with van der Waals surface area (Å²) in [5.74, 6) is -0.207. The van der Waals surface area contributed by atoms with Crippen LogP contribution in [0.1, 0.15) is 75.2 Å². The zero-order valence-corrected chi connectivity index (χ0v) is 16.4. The fourth-order valence-corrected chi connectivity index (χ4v) is 3.52. The SMILES string of the molecule is CCCCCc1ccc(C(=O)OOOC(=O)OC2C(C)CCCC2C)cc1. The summed E-state index contributed by atoms with van der Waals surface area (Å²) in [6.45, 7) is 6.24. The highest BCUT2D eigenvalue weighted by Gasteiger charge is 2.32. The van der Waals surface area contributed by atoms with Crippen molar-refractivity contribution in [3.8, 4) is 0 Å². The van der Waals surface area contributed by atoms with Crippen molar-refractivity contribution < 1.29 is 29.1 Å². The van der Waals surface area contributed by atoms with Crippen LogP contribution in [-0.2, 0) is 26.0 Å². The van der Waals surface area contributed by atoms with E-state index in [-0.39, 0.29) is 17.9 Å². The third-order valence-corrected chi connectivity index (χ3v) is 5.14. The van der Waals surface area contributed by atoms with Crippen LogP contribution in [0.4, 0.5) is 4.79 Å². The van der Waals surface area contributed by atoms with Crippen molar-refractivity contribution >= 4 is 12.1 Å². The lowest BCUT2D eigenvalue weighted by Crippen LogP contribution is -2.35. The number of hydrogen-bond donors (Lipinski definition) is 0. The average molecular weight is 378 g/mol. The van der Waals surface area contributed by atoms with Gasteiger partial charge in [-0.05, 0) is 55.2 Å². The van der Waals surface area contributed by atoms with Crippen molar-refractivity contribution in [3.05, 3.63) is 35.4 Å². The molecule has 0 aromatic heterocycles. The molecule has 0 N–H and O–H groups in total. The number of hydrogen-bond acceptors (Lipinski definition) is 6. The number of rotatable bonds is 8. The van der Waals surface area contributed by atoms with Gasteiger partial charge in [0.15, 0.2) is 0 Å². The summed E-state index contributed by atoms with van der Waals surface area (Å²) < 4.78 is 5.29. The molecule has 6 nitrogen and oxygen atoms in total. The summed E-state index contributed by atoms with van der Waals surface area (Å²) >= 11 is 0. The smallest absolute Gasteiger partial charge is 0.428 e. The number of carbonyl (C=O) groups excluding carboxylic acids is 2. The Bertz CT molecular complexity index is 587. The Morgan fingerprint density at radius 2 is 1.67 bits per heavy atom. The van der Waals surface area contributed by atoms with Gasteiger partial charge in [0.2, 0.25) is 0 Å². The highest BCUT2D eigenvalue weighted by molar-refractivity contribution is 5.88. The molecule has 1 aromatic carbocycles. The third kappa shape index (κ3) is 6.86. The highest BCUT2D eigenvalue weighted by Crippen LogP contribution is 2.31. The van der Waals surface area contributed by atoms with E-state index >= 15 is 0 Å². The number of carbonyl (C=O) groups is 2. The predicted molar refractivity (Wildman–Crippen MR) is 99.7 cm³/mol. The van der Waals surface area contributed by atoms with Crippen molar-refractivity contribution in [2.75, 3.05) is 0 Å². The summed E-state index contributed by atoms with van der Waals surface area (Å²) in [5, 5.41) is 4.31. The highest BCUT2D eigenvalue weighted by atomic mass is 17.5. The minimum Gasteiger partial charge on any atom is -0.428 e. The van der Waals surface area contributed by atoms with Crippen molar-refractivity contribution in [2.45, 2.75) is 71.8 Å². The van der Waals surface area contributed by atoms with Crippen LogP contribution >= 0.6 is 0 Å². The molecule has 1 aromatic rings. The van der Waals surface area contributed by atoms with Crippen LogP contribution in [0.15, 0.2) is 24.3 Å². The maximum absolute atomic E-state index is 11.9. The monoisotopic (exact) mass is 378 g/mol. The molecule has 27 heavy (non-hydrogen) atoms. The molecule has 0 aliphatic heterocycles. The van der Waals surface area contributed by atoms with Crippen LogP contribution in [0.3, 0.4) is 0 Å². The number of benzene rings is 1. The standard InChI is InChI=1S/C21H30O6/c1-4-5-6-10-17-11-13-18(14-12-17)20(22)25-27-26-21(23)24-19-15(2)8-7-9-16(19)3/h11-16,19H,4-10H2,1-3H3. The normalized spacial score (nSPS) is 22.1. The second-order valence-electron chi connectivity index (χ2n) is 7.39. The molecule has 0 amide bonds. The van der Waals surface area contributed by atoms with E-state index < -0.39 is 12.1 Å². The Morgan fingerprint density at radius 1 is 1.00 bits per heavy atom. The quantitative estimate of drug-likeness (QED) is 0.261. The summed E-state index contributed by atoms with van der Waals surface area (Å²) in [6, 6.07) is 7.09. The first kappa shape index (κ1) is 21.2. The van der Waals surface area contributed by atoms with Crippen molar-refractivity contribution in [3.63, 3.8) is 0 Å². The first-order chi connectivity index (χ1) is 13.0. The van der Waals surface area contributed by atoms with Gasteiger partial charge in [0.05, 0.1) is 10.6 Å². The van der Waals surface area contributed by atoms with Gasteiger partial charge in [0.1, 0.15) is 6.10 Å². The second-order valence-corrected chi connectivity index (χ2v) is 7.39. The molecule has 0 radical (unpaired) electrons. The van der Waals surface area contributed by atoms with E-state index in [1.54, 1.807) is 12.1 Å². The number of unbranched alkanes of at least 4 members (excludes halogenated alkanes) is 2. The minimum atomic E-state index is -1.00. The summed E-state index contributed by atoms with van der Waals surface area (Å²) in [6.07, 6.45) is 6.38. The molecule has 2 unspecified atom stereocenters. The van der Waals surface area contributed by atoms with E-state index in [4.69, 9.17) is 4.74 Å². The van der Waals surface area contributed by atoms with E-state index in [1.807, 2.05) is 26.0 Å². The number of aryl methyl sites for hydroxylation is 1. The maximum Gasteiger partial charge on any atom is 0.543 e. The Kier molecular flexibility index (Phi) is 8.58. The maximum atomic E-state index is 11.9. The molecule has 1 fully saturated rings. The Hall–Kier alpha value is -2.08. The first-order valence-electron chi connectivity index (χ1n) is 9.86. The fraction of sp³-hybridized carbons (Fsp3) is 0.619. The average Bonchev–Trinajstić information content (AvgIpc) is 2.65. The molecule has 0 saturated heterocycles. The van der Waals surface area contributed by atoms with Crippen LogP contribution in [0.5, 0.6) is 0 Å². The molecule has 0 heterocycles. The van der Waals surface area contributed by atoms with Gasteiger partial charge < -0.3 is 4.74 Å². The zero-order valence-electron chi connectivity index (χ0n) is 16.4. The lowest BCUT2D eigenvalue weighted by Gasteiger charge is -2.32. The molecular weight excluding hydrogens is 348 g/mol. The molecular formula is C21H30O6. The summed E-state index contributed by atoms with van der Waals surface area (Å²) in [5.41, 5.74) is 1.48. The van der Waals surface area contributed by atoms with Crippen molar-refractivity contribution in [2.24, 2.45) is 11.8 Å². The van der Waals surface area contributed by atoms with Gasteiger partial charge >= 0.3 is 12.1 Å². The number of ether oxygens (including phenoxy) is 1. The summed E-state index contributed by atoms with van der Waals surface area (Å²) in [4.78, 5) is 32.6. The molecule has 2 rings (SSSR count). The van der Waals surface area contributed by atoms with Crippen LogP contribution < -0.4 is 0 Å². The van der Waals surface area contributed by atoms with E-state index in [2.05, 4.69) is 21.7 Å². The molecule has 1 aliphatic carbocycles. The zero-order chi connectivity index (χ0) is 19.6. The van der Waals surface area contributed by atoms with E-state index in [0.29, 0.717) is 5.56 Å². The Balaban J connectivity index is 1.71. The topological polar surface area (TPSA) is 71.1 Å². The minimum absolute atomic E-state index is 0.217. The second kappa shape index (κ2) is 10.9. The molecule has 0 spiro atoms. The van der Waals surface area contributed by atoms with Crippen LogP contribution in [0, 0.1) is 11.8 Å². The van der Waals surface area contributed by atoms with E-state index in [9.17, 15) is 9.59 Å². The first-order valence-corrected chi connectivity index (χ1v) is 9.86. The molecule has 6 heteroatoms. The van der Waals surface area contributed by atoms with Gasteiger partial charge in [-0.2, -0.15) is 0 Å². The van der Waals surface area contributed by atoms with Crippen LogP contribution in [0.25, 0.3) is 0 Å². The molecule has 150 valence electrons. The fourth-order valence-electron chi connectivity index (χ4n) is 3.52. The van der Waals surface area contributed by atoms with Crippen molar-refractivity contribution in [1.29, 1.82) is 0 Å². The van der Waals surface area contributed by atoms with Gasteiger partial charge in [0, 0.05) is 0 Å². The van der Waals surface area contributed by atoms with Crippen molar-refractivity contribution in [1.82, 2.24) is 0 Å². The largest absolute Gasteiger partial charge is 0.543 e. The van der Waals surface area contributed by atoms with Crippen LogP contribution in [-0.4, -0.2) is 18.2 Å². The molecule has 1 saturated carbocycles. The van der Waals surface area contributed by atoms with E-state index in [1.165, 1.54) is 12.8 Å². The molecule has 1 aliphatic rings. The van der Waals surface area contributed by atoms with E-state index in [0.717, 1.165) is 37.7 Å². The summed E-state index contributed by atoms with van der Waals surface area (Å²) in [7, 11) is 0. The third-order valence-electron chi connectivity index (χ3n) is 5.14. The Morgan fingerprint density at radius 3 is 2.30 bits per heavy atom. The Labute approximate surface area is 161 Å². The van der Waals surface area contributed by atoms with Gasteiger partial charge in [0.25, 0.3) is 0 Å².